The number of carbonyl (C=O) groups excluding carboxylic acids is 1. The molecule has 0 radical (unpaired) electrons. The molecule has 5 rings (SSSR count). The van der Waals surface area contributed by atoms with Crippen LogP contribution in [0.5, 0.6) is 0 Å². The van der Waals surface area contributed by atoms with Crippen molar-refractivity contribution in [1.82, 2.24) is 24.8 Å². The lowest BCUT2D eigenvalue weighted by atomic mass is 10.1. The molecule has 3 heterocycles. The van der Waals surface area contributed by atoms with Gasteiger partial charge in [0.1, 0.15) is 11.4 Å². The monoisotopic (exact) mass is 525 g/mol. The molecule has 0 atom stereocenters. The number of carbonyl (C=O) groups is 1. The van der Waals surface area contributed by atoms with E-state index in [1.165, 1.54) is 4.31 Å². The Morgan fingerprint density at radius 1 is 1.08 bits per heavy atom. The number of piperidine rings is 1. The zero-order valence-electron chi connectivity index (χ0n) is 19.9. The highest BCUT2D eigenvalue weighted by Gasteiger charge is 2.27. The van der Waals surface area contributed by atoms with Crippen LogP contribution in [-0.4, -0.2) is 58.7 Å². The highest BCUT2D eigenvalue weighted by molar-refractivity contribution is 7.89. The standard InChI is InChI=1S/C25H27N5O4S2/c1-2-36(32,33)30-12-10-19(11-13-30)26-22(31)15-23-28-29-24(34-23)16-25-27-20-9-8-18(14-21(20)35-25)17-6-4-3-5-7-17/h3-9,14,19H,2,10-13,15-16H2,1H3,(H,26,31). The van der Waals surface area contributed by atoms with Crippen molar-refractivity contribution in [3.8, 4) is 11.1 Å². The van der Waals surface area contributed by atoms with E-state index in [1.807, 2.05) is 24.3 Å². The molecule has 0 spiro atoms. The summed E-state index contributed by atoms with van der Waals surface area (Å²) in [4.78, 5) is 17.2. The molecule has 0 unspecified atom stereocenters. The molecule has 1 N–H and O–H groups in total. The maximum atomic E-state index is 12.5. The van der Waals surface area contributed by atoms with E-state index in [9.17, 15) is 13.2 Å². The molecule has 2 aromatic heterocycles. The van der Waals surface area contributed by atoms with E-state index in [0.29, 0.717) is 38.2 Å². The molecule has 1 fully saturated rings. The molecule has 4 aromatic rings. The maximum Gasteiger partial charge on any atom is 0.229 e. The molecule has 36 heavy (non-hydrogen) atoms. The van der Waals surface area contributed by atoms with Gasteiger partial charge in [-0.1, -0.05) is 36.4 Å². The number of thiazole rings is 1. The molecule has 11 heteroatoms. The number of sulfonamides is 1. The van der Waals surface area contributed by atoms with Crippen LogP contribution in [0.1, 0.15) is 36.6 Å². The summed E-state index contributed by atoms with van der Waals surface area (Å²) >= 11 is 1.59. The Bertz CT molecular complexity index is 1460. The minimum atomic E-state index is -3.19. The van der Waals surface area contributed by atoms with Crippen molar-refractivity contribution in [2.24, 2.45) is 0 Å². The van der Waals surface area contributed by atoms with E-state index < -0.39 is 10.0 Å². The SMILES string of the molecule is CCS(=O)(=O)N1CCC(NC(=O)Cc2nnc(Cc3nc4ccc(-c5ccccc5)cc4s3)o2)CC1. The smallest absolute Gasteiger partial charge is 0.229 e. The second-order valence-electron chi connectivity index (χ2n) is 8.74. The van der Waals surface area contributed by atoms with Gasteiger partial charge < -0.3 is 9.73 Å². The third kappa shape index (κ3) is 5.63. The first-order valence-electron chi connectivity index (χ1n) is 11.9. The van der Waals surface area contributed by atoms with Crippen LogP contribution in [-0.2, 0) is 27.7 Å². The third-order valence-corrected chi connectivity index (χ3v) is 9.14. The van der Waals surface area contributed by atoms with Gasteiger partial charge in [-0.05, 0) is 43.0 Å². The maximum absolute atomic E-state index is 12.5. The highest BCUT2D eigenvalue weighted by atomic mass is 32.2. The van der Waals surface area contributed by atoms with Crippen molar-refractivity contribution in [2.45, 2.75) is 38.6 Å². The number of rotatable bonds is 8. The number of nitrogens with one attached hydrogen (secondary N) is 1. The number of hydrogen-bond acceptors (Lipinski definition) is 8. The number of hydrogen-bond donors (Lipinski definition) is 1. The second-order valence-corrected chi connectivity index (χ2v) is 12.1. The molecule has 1 aliphatic heterocycles. The van der Waals surface area contributed by atoms with Crippen LogP contribution in [0.2, 0.25) is 0 Å². The lowest BCUT2D eigenvalue weighted by Crippen LogP contribution is -2.47. The summed E-state index contributed by atoms with van der Waals surface area (Å²) in [5.74, 6) is 0.546. The first-order chi connectivity index (χ1) is 17.4. The molecule has 188 valence electrons. The molecule has 1 aliphatic rings. The molecule has 0 saturated carbocycles. The summed E-state index contributed by atoms with van der Waals surface area (Å²) in [6.07, 6.45) is 1.56. The predicted octanol–water partition coefficient (Wildman–Crippen LogP) is 3.41. The van der Waals surface area contributed by atoms with E-state index in [2.05, 4.69) is 44.8 Å². The molecule has 1 amide bonds. The summed E-state index contributed by atoms with van der Waals surface area (Å²) in [6.45, 7) is 2.47. The van der Waals surface area contributed by atoms with Gasteiger partial charge in [0.25, 0.3) is 0 Å². The zero-order valence-corrected chi connectivity index (χ0v) is 21.5. The van der Waals surface area contributed by atoms with E-state index in [4.69, 9.17) is 4.42 Å². The van der Waals surface area contributed by atoms with Gasteiger partial charge in [-0.25, -0.2) is 17.7 Å². The summed E-state index contributed by atoms with van der Waals surface area (Å²) < 4.78 is 32.3. The minimum absolute atomic E-state index is 0.0131. The number of fused-ring (bicyclic) bond motifs is 1. The first-order valence-corrected chi connectivity index (χ1v) is 14.4. The Hall–Kier alpha value is -3.15. The summed E-state index contributed by atoms with van der Waals surface area (Å²) in [5.41, 5.74) is 3.22. The third-order valence-electron chi connectivity index (χ3n) is 6.24. The second kappa shape index (κ2) is 10.5. The van der Waals surface area contributed by atoms with Crippen LogP contribution in [0, 0.1) is 0 Å². The van der Waals surface area contributed by atoms with Gasteiger partial charge in [-0.3, -0.25) is 4.79 Å². The Kier molecular flexibility index (Phi) is 7.13. The highest BCUT2D eigenvalue weighted by Crippen LogP contribution is 2.29. The van der Waals surface area contributed by atoms with Crippen molar-refractivity contribution >= 4 is 37.5 Å². The van der Waals surface area contributed by atoms with Crippen LogP contribution in [0.25, 0.3) is 21.3 Å². The van der Waals surface area contributed by atoms with E-state index in [-0.39, 0.29) is 30.0 Å². The van der Waals surface area contributed by atoms with Gasteiger partial charge in [0.05, 0.1) is 22.4 Å². The Labute approximate surface area is 213 Å². The first kappa shape index (κ1) is 24.5. The summed E-state index contributed by atoms with van der Waals surface area (Å²) in [6, 6.07) is 16.4. The number of amides is 1. The molecular weight excluding hydrogens is 498 g/mol. The zero-order chi connectivity index (χ0) is 25.1. The normalized spacial score (nSPS) is 15.4. The summed E-state index contributed by atoms with van der Waals surface area (Å²) in [5, 5.41) is 11.9. The van der Waals surface area contributed by atoms with E-state index in [0.717, 1.165) is 26.4 Å². The van der Waals surface area contributed by atoms with Crippen molar-refractivity contribution in [3.05, 3.63) is 65.3 Å². The van der Waals surface area contributed by atoms with Crippen LogP contribution >= 0.6 is 11.3 Å². The van der Waals surface area contributed by atoms with Crippen molar-refractivity contribution in [2.75, 3.05) is 18.8 Å². The van der Waals surface area contributed by atoms with Crippen molar-refractivity contribution in [1.29, 1.82) is 0 Å². The number of nitrogens with zero attached hydrogens (tertiary/aromatic N) is 4. The van der Waals surface area contributed by atoms with Gasteiger partial charge in [0.15, 0.2) is 0 Å². The molecule has 0 bridgehead atoms. The Morgan fingerprint density at radius 3 is 2.58 bits per heavy atom. The topological polar surface area (TPSA) is 118 Å². The Morgan fingerprint density at radius 2 is 1.83 bits per heavy atom. The average Bonchev–Trinajstić information content (AvgIpc) is 3.50. The lowest BCUT2D eigenvalue weighted by molar-refractivity contribution is -0.121. The predicted molar refractivity (Wildman–Crippen MR) is 138 cm³/mol. The fourth-order valence-corrected chi connectivity index (χ4v) is 6.43. The quantitative estimate of drug-likeness (QED) is 0.374. The average molecular weight is 526 g/mol. The fraction of sp³-hybridized carbons (Fsp3) is 0.360. The van der Waals surface area contributed by atoms with Gasteiger partial charge in [-0.2, -0.15) is 0 Å². The lowest BCUT2D eigenvalue weighted by Gasteiger charge is -2.31. The van der Waals surface area contributed by atoms with E-state index in [1.54, 1.807) is 18.3 Å². The van der Waals surface area contributed by atoms with Gasteiger partial charge in [0.2, 0.25) is 27.7 Å². The Balaban J connectivity index is 1.16. The van der Waals surface area contributed by atoms with Crippen LogP contribution < -0.4 is 5.32 Å². The fourth-order valence-electron chi connectivity index (χ4n) is 4.30. The van der Waals surface area contributed by atoms with Crippen LogP contribution in [0.4, 0.5) is 0 Å². The van der Waals surface area contributed by atoms with Gasteiger partial charge in [0, 0.05) is 19.1 Å². The van der Waals surface area contributed by atoms with Gasteiger partial charge >= 0.3 is 0 Å². The molecule has 9 nitrogen and oxygen atoms in total. The number of aromatic nitrogens is 3. The van der Waals surface area contributed by atoms with Gasteiger partial charge in [-0.15, -0.1) is 21.5 Å². The summed E-state index contributed by atoms with van der Waals surface area (Å²) in [7, 11) is -3.19. The molecule has 1 saturated heterocycles. The molecule has 0 aliphatic carbocycles. The van der Waals surface area contributed by atoms with E-state index >= 15 is 0 Å². The molecule has 2 aromatic carbocycles. The number of benzene rings is 2. The van der Waals surface area contributed by atoms with Crippen molar-refractivity contribution in [3.63, 3.8) is 0 Å². The molecular formula is C25H27N5O4S2. The largest absolute Gasteiger partial charge is 0.424 e. The van der Waals surface area contributed by atoms with Crippen LogP contribution in [0.3, 0.4) is 0 Å². The van der Waals surface area contributed by atoms with Crippen molar-refractivity contribution < 1.29 is 17.6 Å². The van der Waals surface area contributed by atoms with Crippen LogP contribution in [0.15, 0.2) is 52.9 Å². The minimum Gasteiger partial charge on any atom is -0.424 e.